The standard InChI is InChI=1S/C18H27NO4S/c1-4-14(3)23-17-11-13(2)5-6-16(17)12-19-18(20)15-7-9-24(21,22)10-8-15/h5-6,11,14-15H,4,7-10,12H2,1-3H3,(H,19,20). The monoisotopic (exact) mass is 353 g/mol. The van der Waals surface area contributed by atoms with Crippen LogP contribution < -0.4 is 10.1 Å². The molecule has 1 N–H and O–H groups in total. The summed E-state index contributed by atoms with van der Waals surface area (Å²) in [6.07, 6.45) is 1.86. The van der Waals surface area contributed by atoms with E-state index in [1.165, 1.54) is 0 Å². The molecular formula is C18H27NO4S. The summed E-state index contributed by atoms with van der Waals surface area (Å²) in [4.78, 5) is 12.3. The second-order valence-electron chi connectivity index (χ2n) is 6.59. The van der Waals surface area contributed by atoms with Crippen molar-refractivity contribution in [2.24, 2.45) is 5.92 Å². The molecule has 0 spiro atoms. The fourth-order valence-corrected chi connectivity index (χ4v) is 4.19. The molecule has 5 nitrogen and oxygen atoms in total. The molecule has 1 saturated heterocycles. The van der Waals surface area contributed by atoms with E-state index in [2.05, 4.69) is 12.2 Å². The van der Waals surface area contributed by atoms with E-state index in [-0.39, 0.29) is 29.4 Å². The van der Waals surface area contributed by atoms with E-state index in [0.29, 0.717) is 19.4 Å². The van der Waals surface area contributed by atoms with Gasteiger partial charge in [-0.2, -0.15) is 0 Å². The van der Waals surface area contributed by atoms with Crippen LogP contribution in [-0.4, -0.2) is 31.9 Å². The van der Waals surface area contributed by atoms with Gasteiger partial charge < -0.3 is 10.1 Å². The molecule has 1 fully saturated rings. The van der Waals surface area contributed by atoms with Gasteiger partial charge in [0.15, 0.2) is 0 Å². The smallest absolute Gasteiger partial charge is 0.223 e. The van der Waals surface area contributed by atoms with Crippen LogP contribution in [0.15, 0.2) is 18.2 Å². The molecule has 24 heavy (non-hydrogen) atoms. The van der Waals surface area contributed by atoms with Crippen molar-refractivity contribution >= 4 is 15.7 Å². The topological polar surface area (TPSA) is 72.5 Å². The van der Waals surface area contributed by atoms with Gasteiger partial charge in [0.2, 0.25) is 5.91 Å². The van der Waals surface area contributed by atoms with Crippen molar-refractivity contribution in [1.29, 1.82) is 0 Å². The fraction of sp³-hybridized carbons (Fsp3) is 0.611. The molecule has 1 aromatic carbocycles. The Labute approximate surface area is 144 Å². The lowest BCUT2D eigenvalue weighted by atomic mass is 10.0. The molecule has 0 aliphatic carbocycles. The highest BCUT2D eigenvalue weighted by Gasteiger charge is 2.28. The van der Waals surface area contributed by atoms with Crippen molar-refractivity contribution in [3.8, 4) is 5.75 Å². The zero-order valence-corrected chi connectivity index (χ0v) is 15.5. The summed E-state index contributed by atoms with van der Waals surface area (Å²) in [6, 6.07) is 5.96. The lowest BCUT2D eigenvalue weighted by Gasteiger charge is -2.22. The Morgan fingerprint density at radius 1 is 1.33 bits per heavy atom. The van der Waals surface area contributed by atoms with Crippen molar-refractivity contribution in [3.63, 3.8) is 0 Å². The van der Waals surface area contributed by atoms with E-state index in [1.54, 1.807) is 0 Å². The SMILES string of the molecule is CCC(C)Oc1cc(C)ccc1CNC(=O)C1CCS(=O)(=O)CC1. The van der Waals surface area contributed by atoms with E-state index < -0.39 is 9.84 Å². The summed E-state index contributed by atoms with van der Waals surface area (Å²) in [5.41, 5.74) is 2.05. The molecular weight excluding hydrogens is 326 g/mol. The van der Waals surface area contributed by atoms with Gasteiger partial charge in [-0.3, -0.25) is 4.79 Å². The van der Waals surface area contributed by atoms with Gasteiger partial charge in [-0.05, 0) is 44.7 Å². The van der Waals surface area contributed by atoms with Gasteiger partial charge in [0.05, 0.1) is 17.6 Å². The first-order chi connectivity index (χ1) is 11.3. The minimum atomic E-state index is -2.94. The first-order valence-electron chi connectivity index (χ1n) is 8.55. The Hall–Kier alpha value is -1.56. The third kappa shape index (κ3) is 5.23. The molecule has 1 aliphatic rings. The summed E-state index contributed by atoms with van der Waals surface area (Å²) in [6.45, 7) is 6.49. The van der Waals surface area contributed by atoms with Gasteiger partial charge in [-0.15, -0.1) is 0 Å². The second kappa shape index (κ2) is 8.01. The first-order valence-corrected chi connectivity index (χ1v) is 10.4. The molecule has 0 aromatic heterocycles. The van der Waals surface area contributed by atoms with Gasteiger partial charge in [0.1, 0.15) is 15.6 Å². The van der Waals surface area contributed by atoms with E-state index in [4.69, 9.17) is 4.74 Å². The highest BCUT2D eigenvalue weighted by atomic mass is 32.2. The molecule has 134 valence electrons. The predicted molar refractivity (Wildman–Crippen MR) is 94.8 cm³/mol. The number of hydrogen-bond donors (Lipinski definition) is 1. The Morgan fingerprint density at radius 2 is 2.00 bits per heavy atom. The summed E-state index contributed by atoms with van der Waals surface area (Å²) in [7, 11) is -2.94. The zero-order valence-electron chi connectivity index (χ0n) is 14.7. The Kier molecular flexibility index (Phi) is 6.27. The number of carbonyl (C=O) groups excluding carboxylic acids is 1. The van der Waals surface area contributed by atoms with Crippen molar-refractivity contribution < 1.29 is 17.9 Å². The average molecular weight is 353 g/mol. The highest BCUT2D eigenvalue weighted by molar-refractivity contribution is 7.91. The molecule has 0 bridgehead atoms. The highest BCUT2D eigenvalue weighted by Crippen LogP contribution is 2.23. The molecule has 1 amide bonds. The first kappa shape index (κ1) is 18.8. The van der Waals surface area contributed by atoms with Crippen LogP contribution in [0.4, 0.5) is 0 Å². The molecule has 1 aliphatic heterocycles. The lowest BCUT2D eigenvalue weighted by molar-refractivity contribution is -0.125. The maximum absolute atomic E-state index is 12.3. The van der Waals surface area contributed by atoms with E-state index in [1.807, 2.05) is 32.0 Å². The molecule has 0 saturated carbocycles. The predicted octanol–water partition coefficient (Wildman–Crippen LogP) is 2.61. The Bertz CT molecular complexity index is 670. The normalized spacial score (nSPS) is 18.8. The number of carbonyl (C=O) groups is 1. The van der Waals surface area contributed by atoms with Crippen molar-refractivity contribution in [3.05, 3.63) is 29.3 Å². The van der Waals surface area contributed by atoms with Crippen LogP contribution in [0.1, 0.15) is 44.2 Å². The van der Waals surface area contributed by atoms with Crippen molar-refractivity contribution in [1.82, 2.24) is 5.32 Å². The second-order valence-corrected chi connectivity index (χ2v) is 8.90. The number of aryl methyl sites for hydroxylation is 1. The van der Waals surface area contributed by atoms with Crippen LogP contribution in [0, 0.1) is 12.8 Å². The van der Waals surface area contributed by atoms with Gasteiger partial charge >= 0.3 is 0 Å². The van der Waals surface area contributed by atoms with Crippen molar-refractivity contribution in [2.45, 2.75) is 52.7 Å². The Morgan fingerprint density at radius 3 is 2.62 bits per heavy atom. The Balaban J connectivity index is 1.97. The van der Waals surface area contributed by atoms with Gasteiger partial charge in [0.25, 0.3) is 0 Å². The van der Waals surface area contributed by atoms with Crippen LogP contribution in [0.5, 0.6) is 5.75 Å². The minimum Gasteiger partial charge on any atom is -0.490 e. The number of hydrogen-bond acceptors (Lipinski definition) is 4. The van der Waals surface area contributed by atoms with E-state index in [0.717, 1.165) is 23.3 Å². The molecule has 1 unspecified atom stereocenters. The number of ether oxygens (including phenoxy) is 1. The molecule has 1 heterocycles. The van der Waals surface area contributed by atoms with E-state index >= 15 is 0 Å². The van der Waals surface area contributed by atoms with Crippen LogP contribution in [0.2, 0.25) is 0 Å². The van der Waals surface area contributed by atoms with E-state index in [9.17, 15) is 13.2 Å². The number of rotatable bonds is 6. The number of sulfone groups is 1. The maximum atomic E-state index is 12.3. The van der Waals surface area contributed by atoms with Crippen LogP contribution >= 0.6 is 0 Å². The van der Waals surface area contributed by atoms with Gasteiger partial charge in [0, 0.05) is 18.0 Å². The average Bonchev–Trinajstić information content (AvgIpc) is 2.53. The maximum Gasteiger partial charge on any atom is 0.223 e. The van der Waals surface area contributed by atoms with Crippen LogP contribution in [0.25, 0.3) is 0 Å². The minimum absolute atomic E-state index is 0.0695. The quantitative estimate of drug-likeness (QED) is 0.853. The molecule has 0 radical (unpaired) electrons. The van der Waals surface area contributed by atoms with Crippen molar-refractivity contribution in [2.75, 3.05) is 11.5 Å². The zero-order chi connectivity index (χ0) is 17.7. The van der Waals surface area contributed by atoms with Crippen LogP contribution in [-0.2, 0) is 21.2 Å². The summed E-state index contributed by atoms with van der Waals surface area (Å²) in [5, 5.41) is 2.93. The van der Waals surface area contributed by atoms with Crippen LogP contribution in [0.3, 0.4) is 0 Å². The number of amides is 1. The summed E-state index contributed by atoms with van der Waals surface area (Å²) < 4.78 is 28.9. The molecule has 1 aromatic rings. The third-order valence-corrected chi connectivity index (χ3v) is 6.22. The molecule has 1 atom stereocenters. The summed E-state index contributed by atoms with van der Waals surface area (Å²) >= 11 is 0. The summed E-state index contributed by atoms with van der Waals surface area (Å²) in [5.74, 6) is 0.740. The fourth-order valence-electron chi connectivity index (χ4n) is 2.70. The molecule has 2 rings (SSSR count). The third-order valence-electron chi connectivity index (χ3n) is 4.50. The number of nitrogens with one attached hydrogen (secondary N) is 1. The van der Waals surface area contributed by atoms with Gasteiger partial charge in [-0.25, -0.2) is 8.42 Å². The molecule has 6 heteroatoms. The lowest BCUT2D eigenvalue weighted by Crippen LogP contribution is -2.36. The largest absolute Gasteiger partial charge is 0.490 e. The number of benzene rings is 1. The van der Waals surface area contributed by atoms with Gasteiger partial charge in [-0.1, -0.05) is 19.1 Å².